The van der Waals surface area contributed by atoms with Crippen molar-refractivity contribution >= 4 is 39.8 Å². The molecular formula is C22H28Cl2F3N5O4S. The number of aromatic nitrogens is 3. The zero-order valence-electron chi connectivity index (χ0n) is 20.1. The number of benzene rings is 1. The zero-order chi connectivity index (χ0) is 26.1. The molecule has 0 saturated carbocycles. The molecule has 3 heterocycles. The predicted molar refractivity (Wildman–Crippen MR) is 131 cm³/mol. The highest BCUT2D eigenvalue weighted by Gasteiger charge is 2.42. The maximum Gasteiger partial charge on any atom is 0.416 e. The number of sulfonamides is 1. The largest absolute Gasteiger partial charge is 0.416 e. The first-order valence-electron chi connectivity index (χ1n) is 11.5. The van der Waals surface area contributed by atoms with Gasteiger partial charge in [-0.05, 0) is 37.5 Å². The molecule has 2 saturated heterocycles. The van der Waals surface area contributed by atoms with Crippen molar-refractivity contribution < 1.29 is 31.1 Å². The van der Waals surface area contributed by atoms with Crippen molar-refractivity contribution in [1.82, 2.24) is 24.2 Å². The first kappa shape index (κ1) is 29.8. The normalized spacial score (nSPS) is 19.4. The van der Waals surface area contributed by atoms with E-state index in [1.165, 1.54) is 15.2 Å². The number of hydrogen-bond acceptors (Lipinski definition) is 7. The molecule has 1 aromatic carbocycles. The summed E-state index contributed by atoms with van der Waals surface area (Å²) in [6.45, 7) is 2.48. The topological polar surface area (TPSA) is 97.6 Å². The van der Waals surface area contributed by atoms with Crippen LogP contribution in [0.1, 0.15) is 41.6 Å². The van der Waals surface area contributed by atoms with E-state index in [1.54, 1.807) is 7.05 Å². The Labute approximate surface area is 224 Å². The van der Waals surface area contributed by atoms with Crippen molar-refractivity contribution in [3.05, 3.63) is 40.5 Å². The second-order valence-corrected chi connectivity index (χ2v) is 11.4. The van der Waals surface area contributed by atoms with Crippen LogP contribution in [0.5, 0.6) is 0 Å². The van der Waals surface area contributed by atoms with E-state index < -0.39 is 21.8 Å². The number of Topliss-reactive ketones (excluding diaryl/α,β-unsaturated/α-hetero) is 1. The molecule has 0 bridgehead atoms. The molecule has 4 rings (SSSR count). The van der Waals surface area contributed by atoms with Crippen molar-refractivity contribution in [3.8, 4) is 0 Å². The van der Waals surface area contributed by atoms with Gasteiger partial charge in [0.25, 0.3) is 10.0 Å². The molecule has 0 atom stereocenters. The number of piperazine rings is 1. The Balaban J connectivity index is 0.00000380. The van der Waals surface area contributed by atoms with Gasteiger partial charge < -0.3 is 4.74 Å². The van der Waals surface area contributed by atoms with E-state index in [1.807, 2.05) is 0 Å². The first-order valence-corrected chi connectivity index (χ1v) is 13.3. The van der Waals surface area contributed by atoms with Gasteiger partial charge in [0.2, 0.25) is 5.03 Å². The number of hydrogen-bond donors (Lipinski definition) is 0. The third-order valence-electron chi connectivity index (χ3n) is 6.93. The SMILES string of the molecule is Cl.Cn1cc(S(=O)(=O)N2CCN(C3(CCC(=O)c4ccc(C(F)(F)F)cc4Cl)CCOCC3)CC2)nn1. The van der Waals surface area contributed by atoms with Gasteiger partial charge in [0.1, 0.15) is 0 Å². The number of halogens is 5. The van der Waals surface area contributed by atoms with Gasteiger partial charge in [-0.25, -0.2) is 8.42 Å². The van der Waals surface area contributed by atoms with Gasteiger partial charge in [-0.1, -0.05) is 16.8 Å². The molecule has 2 fully saturated rings. The van der Waals surface area contributed by atoms with Crippen LogP contribution in [0.25, 0.3) is 0 Å². The lowest BCUT2D eigenvalue weighted by Gasteiger charge is -2.49. The summed E-state index contributed by atoms with van der Waals surface area (Å²) in [7, 11) is -2.16. The first-order chi connectivity index (χ1) is 16.9. The second-order valence-electron chi connectivity index (χ2n) is 9.07. The number of alkyl halides is 3. The summed E-state index contributed by atoms with van der Waals surface area (Å²) in [6.07, 6.45) is -1.29. The highest BCUT2D eigenvalue weighted by molar-refractivity contribution is 7.89. The van der Waals surface area contributed by atoms with E-state index in [0.717, 1.165) is 18.2 Å². The van der Waals surface area contributed by atoms with Gasteiger partial charge in [0.05, 0.1) is 16.8 Å². The summed E-state index contributed by atoms with van der Waals surface area (Å²) >= 11 is 6.02. The Hall–Kier alpha value is -1.77. The van der Waals surface area contributed by atoms with Gasteiger partial charge in [0.15, 0.2) is 5.78 Å². The lowest BCUT2D eigenvalue weighted by molar-refractivity contribution is -0.137. The monoisotopic (exact) mass is 585 g/mol. The van der Waals surface area contributed by atoms with Crippen molar-refractivity contribution in [1.29, 1.82) is 0 Å². The third-order valence-corrected chi connectivity index (χ3v) is 9.01. The van der Waals surface area contributed by atoms with Gasteiger partial charge in [0, 0.05) is 64.0 Å². The molecule has 15 heteroatoms. The number of aryl methyl sites for hydroxylation is 1. The van der Waals surface area contributed by atoms with Crippen LogP contribution in [0.4, 0.5) is 13.2 Å². The van der Waals surface area contributed by atoms with Crippen LogP contribution in [-0.2, 0) is 28.0 Å². The van der Waals surface area contributed by atoms with Gasteiger partial charge in [-0.15, -0.1) is 17.5 Å². The highest BCUT2D eigenvalue weighted by atomic mass is 35.5. The average Bonchev–Trinajstić information content (AvgIpc) is 3.30. The number of nitrogens with zero attached hydrogens (tertiary/aromatic N) is 5. The fraction of sp³-hybridized carbons (Fsp3) is 0.591. The molecule has 0 amide bonds. The molecule has 0 N–H and O–H groups in total. The Morgan fingerprint density at radius 2 is 1.81 bits per heavy atom. The molecule has 2 aliphatic rings. The minimum absolute atomic E-state index is 0. The van der Waals surface area contributed by atoms with Crippen LogP contribution in [0.2, 0.25) is 5.02 Å². The average molecular weight is 586 g/mol. The number of ketones is 1. The smallest absolute Gasteiger partial charge is 0.381 e. The van der Waals surface area contributed by atoms with Crippen LogP contribution >= 0.6 is 24.0 Å². The lowest BCUT2D eigenvalue weighted by atomic mass is 9.82. The number of ether oxygens (including phenoxy) is 1. The van der Waals surface area contributed by atoms with E-state index in [4.69, 9.17) is 16.3 Å². The minimum atomic E-state index is -4.54. The number of carbonyl (C=O) groups is 1. The summed E-state index contributed by atoms with van der Waals surface area (Å²) in [6, 6.07) is 2.76. The van der Waals surface area contributed by atoms with E-state index in [0.29, 0.717) is 45.6 Å². The highest BCUT2D eigenvalue weighted by Crippen LogP contribution is 2.36. The van der Waals surface area contributed by atoms with Crippen LogP contribution < -0.4 is 0 Å². The molecule has 0 aliphatic carbocycles. The Morgan fingerprint density at radius 3 is 2.35 bits per heavy atom. The Morgan fingerprint density at radius 1 is 1.16 bits per heavy atom. The second kappa shape index (κ2) is 11.5. The third kappa shape index (κ3) is 6.45. The fourth-order valence-corrected chi connectivity index (χ4v) is 6.47. The van der Waals surface area contributed by atoms with Crippen LogP contribution in [0.3, 0.4) is 0 Å². The van der Waals surface area contributed by atoms with Crippen molar-refractivity contribution in [2.24, 2.45) is 7.05 Å². The molecule has 2 aromatic rings. The van der Waals surface area contributed by atoms with Gasteiger partial charge >= 0.3 is 6.18 Å². The molecule has 206 valence electrons. The number of carbonyl (C=O) groups excluding carboxylic acids is 1. The molecule has 37 heavy (non-hydrogen) atoms. The predicted octanol–water partition coefficient (Wildman–Crippen LogP) is 3.43. The van der Waals surface area contributed by atoms with Crippen LogP contribution in [0.15, 0.2) is 29.4 Å². The quantitative estimate of drug-likeness (QED) is 0.459. The van der Waals surface area contributed by atoms with Crippen molar-refractivity contribution in [3.63, 3.8) is 0 Å². The lowest BCUT2D eigenvalue weighted by Crippen LogP contribution is -2.59. The maximum atomic E-state index is 12.9. The maximum absolute atomic E-state index is 12.9. The van der Waals surface area contributed by atoms with Gasteiger partial charge in [-0.2, -0.15) is 17.5 Å². The fourth-order valence-electron chi connectivity index (χ4n) is 4.85. The van der Waals surface area contributed by atoms with Crippen LogP contribution in [-0.4, -0.2) is 83.3 Å². The summed E-state index contributed by atoms with van der Waals surface area (Å²) in [4.78, 5) is 15.1. The standard InChI is InChI=1S/C22H27ClF3N5O4S.ClH/c1-29-15-20(27-28-29)36(33,34)31-10-8-30(9-11-31)21(6-12-35-13-7-21)5-4-19(32)17-3-2-16(14-18(17)23)22(24,25)26;/h2-3,14-15H,4-13H2,1H3;1H. The van der Waals surface area contributed by atoms with E-state index in [2.05, 4.69) is 15.2 Å². The van der Waals surface area contributed by atoms with E-state index >= 15 is 0 Å². The van der Waals surface area contributed by atoms with Crippen molar-refractivity contribution in [2.45, 2.75) is 42.4 Å². The summed E-state index contributed by atoms with van der Waals surface area (Å²) in [5.74, 6) is -0.330. The van der Waals surface area contributed by atoms with Crippen molar-refractivity contribution in [2.75, 3.05) is 39.4 Å². The van der Waals surface area contributed by atoms with Gasteiger partial charge in [-0.3, -0.25) is 14.4 Å². The van der Waals surface area contributed by atoms with E-state index in [-0.39, 0.29) is 58.9 Å². The minimum Gasteiger partial charge on any atom is -0.381 e. The zero-order valence-corrected chi connectivity index (χ0v) is 22.5. The molecule has 2 aliphatic heterocycles. The van der Waals surface area contributed by atoms with Crippen LogP contribution in [0, 0.1) is 0 Å². The molecule has 0 spiro atoms. The molecule has 1 aromatic heterocycles. The Kier molecular flexibility index (Phi) is 9.29. The van der Waals surface area contributed by atoms with E-state index in [9.17, 15) is 26.4 Å². The Bertz CT molecular complexity index is 1210. The summed E-state index contributed by atoms with van der Waals surface area (Å²) < 4.78 is 72.9. The molecule has 9 nitrogen and oxygen atoms in total. The molecule has 0 unspecified atom stereocenters. The molecule has 0 radical (unpaired) electrons. The summed E-state index contributed by atoms with van der Waals surface area (Å²) in [5, 5.41) is 7.11. The molecular weight excluding hydrogens is 558 g/mol. The summed E-state index contributed by atoms with van der Waals surface area (Å²) in [5.41, 5.74) is -1.22. The number of rotatable bonds is 7.